The lowest BCUT2D eigenvalue weighted by molar-refractivity contribution is 0.269. The number of anilines is 1. The van der Waals surface area contributed by atoms with Gasteiger partial charge < -0.3 is 19.9 Å². The van der Waals surface area contributed by atoms with E-state index in [0.29, 0.717) is 47.0 Å². The molecule has 0 fully saturated rings. The van der Waals surface area contributed by atoms with Gasteiger partial charge in [0.25, 0.3) is 0 Å². The Kier molecular flexibility index (Phi) is 7.84. The summed E-state index contributed by atoms with van der Waals surface area (Å²) in [5, 5.41) is 14.3. The first kappa shape index (κ1) is 22.7. The van der Waals surface area contributed by atoms with Gasteiger partial charge >= 0.3 is 0 Å². The van der Waals surface area contributed by atoms with Gasteiger partial charge in [0.05, 0.1) is 21.7 Å². The highest BCUT2D eigenvalue weighted by Crippen LogP contribution is 2.38. The number of ether oxygens (including phenoxy) is 2. The van der Waals surface area contributed by atoms with Gasteiger partial charge in [0, 0.05) is 17.3 Å². The molecule has 0 aliphatic carbocycles. The number of nitrogens with one attached hydrogen (secondary N) is 1. The molecule has 4 nitrogen and oxygen atoms in total. The minimum absolute atomic E-state index is 0.146. The summed E-state index contributed by atoms with van der Waals surface area (Å²) in [6, 6.07) is 14.3. The van der Waals surface area contributed by atoms with Crippen LogP contribution in [0, 0.1) is 0 Å². The first-order valence-electron chi connectivity index (χ1n) is 9.11. The molecule has 8 heteroatoms. The molecule has 30 heavy (non-hydrogen) atoms. The van der Waals surface area contributed by atoms with Crippen LogP contribution in [0.25, 0.3) is 0 Å². The number of phenolic OH excluding ortho intramolecular Hbond substituents is 1. The van der Waals surface area contributed by atoms with Crippen molar-refractivity contribution < 1.29 is 14.6 Å². The third kappa shape index (κ3) is 5.79. The molecule has 0 saturated carbocycles. The molecule has 0 radical (unpaired) electrons. The molecule has 0 saturated heterocycles. The van der Waals surface area contributed by atoms with Crippen molar-refractivity contribution in [3.63, 3.8) is 0 Å². The molecule has 0 atom stereocenters. The molecule has 3 aromatic carbocycles. The number of hydrogen-bond donors (Lipinski definition) is 2. The van der Waals surface area contributed by atoms with Gasteiger partial charge in [0.2, 0.25) is 0 Å². The lowest BCUT2D eigenvalue weighted by Gasteiger charge is -2.16. The summed E-state index contributed by atoms with van der Waals surface area (Å²) in [5.74, 6) is 0.887. The van der Waals surface area contributed by atoms with E-state index in [1.165, 1.54) is 0 Å². The number of aromatic hydroxyl groups is 1. The van der Waals surface area contributed by atoms with Crippen LogP contribution in [0.2, 0.25) is 20.1 Å². The van der Waals surface area contributed by atoms with Crippen LogP contribution in [0.15, 0.2) is 48.5 Å². The molecular weight excluding hydrogens is 468 g/mol. The highest BCUT2D eigenvalue weighted by atomic mass is 35.5. The summed E-state index contributed by atoms with van der Waals surface area (Å²) in [7, 11) is 0. The summed E-state index contributed by atoms with van der Waals surface area (Å²) in [6.45, 7) is 3.13. The Hall–Kier alpha value is -1.98. The van der Waals surface area contributed by atoms with Crippen molar-refractivity contribution in [3.8, 4) is 17.2 Å². The van der Waals surface area contributed by atoms with Crippen molar-refractivity contribution in [2.24, 2.45) is 0 Å². The maximum Gasteiger partial charge on any atom is 0.180 e. The summed E-state index contributed by atoms with van der Waals surface area (Å²) in [5.41, 5.74) is 2.51. The smallest absolute Gasteiger partial charge is 0.180 e. The Labute approximate surface area is 195 Å². The Bertz CT molecular complexity index is 1000. The van der Waals surface area contributed by atoms with Crippen LogP contribution >= 0.6 is 46.4 Å². The Morgan fingerprint density at radius 3 is 2.13 bits per heavy atom. The topological polar surface area (TPSA) is 50.7 Å². The van der Waals surface area contributed by atoms with E-state index in [1.54, 1.807) is 18.2 Å². The number of phenols is 1. The standard InChI is InChI=1S/C22H19Cl4NO3/c1-2-29-20-8-14(11-27-16-9-17(24)21(28)18(25)10-16)7-19(26)22(20)30-12-13-3-5-15(23)6-4-13/h3-10,27-28H,2,11-12H2,1H3. The normalized spacial score (nSPS) is 10.7. The average molecular weight is 487 g/mol. The van der Waals surface area contributed by atoms with E-state index < -0.39 is 0 Å². The zero-order valence-corrected chi connectivity index (χ0v) is 19.0. The summed E-state index contributed by atoms with van der Waals surface area (Å²) in [4.78, 5) is 0. The van der Waals surface area contributed by atoms with Crippen LogP contribution in [-0.2, 0) is 13.2 Å². The van der Waals surface area contributed by atoms with E-state index in [-0.39, 0.29) is 15.8 Å². The van der Waals surface area contributed by atoms with Crippen LogP contribution in [0.5, 0.6) is 17.2 Å². The molecule has 0 aliphatic heterocycles. The molecule has 2 N–H and O–H groups in total. The quantitative estimate of drug-likeness (QED) is 0.322. The Morgan fingerprint density at radius 1 is 0.833 bits per heavy atom. The highest BCUT2D eigenvalue weighted by molar-refractivity contribution is 6.37. The van der Waals surface area contributed by atoms with Crippen LogP contribution in [-0.4, -0.2) is 11.7 Å². The predicted octanol–water partition coefficient (Wildman–Crippen LogP) is 7.60. The van der Waals surface area contributed by atoms with Crippen molar-refractivity contribution in [2.75, 3.05) is 11.9 Å². The largest absolute Gasteiger partial charge is 0.505 e. The number of halogens is 4. The number of rotatable bonds is 8. The Balaban J connectivity index is 1.75. The number of benzene rings is 3. The molecule has 0 aliphatic rings. The second kappa shape index (κ2) is 10.4. The van der Waals surface area contributed by atoms with Crippen LogP contribution in [0.3, 0.4) is 0 Å². The summed E-state index contributed by atoms with van der Waals surface area (Å²) in [6.07, 6.45) is 0. The molecule has 0 unspecified atom stereocenters. The number of hydrogen-bond acceptors (Lipinski definition) is 4. The fourth-order valence-corrected chi connectivity index (χ4v) is 3.64. The van der Waals surface area contributed by atoms with Gasteiger partial charge in [-0.15, -0.1) is 0 Å². The SMILES string of the molecule is CCOc1cc(CNc2cc(Cl)c(O)c(Cl)c2)cc(Cl)c1OCc1ccc(Cl)cc1. The van der Waals surface area contributed by atoms with E-state index in [1.807, 2.05) is 37.3 Å². The van der Waals surface area contributed by atoms with Crippen molar-refractivity contribution in [3.05, 3.63) is 79.7 Å². The predicted molar refractivity (Wildman–Crippen MR) is 124 cm³/mol. The minimum Gasteiger partial charge on any atom is -0.505 e. The maximum atomic E-state index is 9.68. The monoisotopic (exact) mass is 485 g/mol. The molecule has 0 aromatic heterocycles. The Morgan fingerprint density at radius 2 is 1.50 bits per heavy atom. The van der Waals surface area contributed by atoms with Gasteiger partial charge in [0.15, 0.2) is 17.2 Å². The molecule has 0 bridgehead atoms. The maximum absolute atomic E-state index is 9.68. The van der Waals surface area contributed by atoms with Gasteiger partial charge in [-0.2, -0.15) is 0 Å². The third-order valence-corrected chi connectivity index (χ3v) is 5.29. The zero-order chi connectivity index (χ0) is 21.7. The van der Waals surface area contributed by atoms with Crippen LogP contribution < -0.4 is 14.8 Å². The van der Waals surface area contributed by atoms with Gasteiger partial charge in [-0.3, -0.25) is 0 Å². The third-order valence-electron chi connectivity index (χ3n) is 4.18. The van der Waals surface area contributed by atoms with Gasteiger partial charge in [-0.25, -0.2) is 0 Å². The lowest BCUT2D eigenvalue weighted by atomic mass is 10.2. The molecular formula is C22H19Cl4NO3. The molecule has 158 valence electrons. The van der Waals surface area contributed by atoms with Crippen molar-refractivity contribution >= 4 is 52.1 Å². The highest BCUT2D eigenvalue weighted by Gasteiger charge is 2.14. The van der Waals surface area contributed by atoms with E-state index in [9.17, 15) is 5.11 Å². The molecule has 0 spiro atoms. The van der Waals surface area contributed by atoms with E-state index in [0.717, 1.165) is 11.1 Å². The van der Waals surface area contributed by atoms with Crippen molar-refractivity contribution in [2.45, 2.75) is 20.1 Å². The summed E-state index contributed by atoms with van der Waals surface area (Å²) < 4.78 is 11.7. The fourth-order valence-electron chi connectivity index (χ4n) is 2.73. The minimum atomic E-state index is -0.146. The second-order valence-electron chi connectivity index (χ2n) is 6.40. The van der Waals surface area contributed by atoms with Crippen molar-refractivity contribution in [1.82, 2.24) is 0 Å². The van der Waals surface area contributed by atoms with E-state index in [4.69, 9.17) is 55.9 Å². The first-order valence-corrected chi connectivity index (χ1v) is 10.6. The lowest BCUT2D eigenvalue weighted by Crippen LogP contribution is -2.04. The zero-order valence-electron chi connectivity index (χ0n) is 16.0. The van der Waals surface area contributed by atoms with Gasteiger partial charge in [0.1, 0.15) is 6.61 Å². The first-order chi connectivity index (χ1) is 14.4. The second-order valence-corrected chi connectivity index (χ2v) is 8.05. The van der Waals surface area contributed by atoms with Crippen LogP contribution in [0.4, 0.5) is 5.69 Å². The van der Waals surface area contributed by atoms with Crippen molar-refractivity contribution in [1.29, 1.82) is 0 Å². The van der Waals surface area contributed by atoms with Gasteiger partial charge in [-0.05, 0) is 54.4 Å². The molecule has 0 amide bonds. The fraction of sp³-hybridized carbons (Fsp3) is 0.182. The van der Waals surface area contributed by atoms with Crippen LogP contribution in [0.1, 0.15) is 18.1 Å². The van der Waals surface area contributed by atoms with Gasteiger partial charge in [-0.1, -0.05) is 58.5 Å². The molecule has 3 rings (SSSR count). The average Bonchev–Trinajstić information content (AvgIpc) is 2.71. The molecule has 0 heterocycles. The van der Waals surface area contributed by atoms with E-state index >= 15 is 0 Å². The van der Waals surface area contributed by atoms with E-state index in [2.05, 4.69) is 5.32 Å². The molecule has 3 aromatic rings. The summed E-state index contributed by atoms with van der Waals surface area (Å²) >= 11 is 24.3.